The highest BCUT2D eigenvalue weighted by atomic mass is 32.2. The van der Waals surface area contributed by atoms with Crippen LogP contribution >= 0.6 is 11.3 Å². The summed E-state index contributed by atoms with van der Waals surface area (Å²) in [5, 5.41) is 3.12. The molecule has 1 amide bonds. The van der Waals surface area contributed by atoms with E-state index >= 15 is 0 Å². The molecule has 0 aliphatic heterocycles. The lowest BCUT2D eigenvalue weighted by Gasteiger charge is -1.96. The summed E-state index contributed by atoms with van der Waals surface area (Å²) >= 11 is 1.24. The van der Waals surface area contributed by atoms with Crippen molar-refractivity contribution in [3.05, 3.63) is 60.2 Å². The predicted octanol–water partition coefficient (Wildman–Crippen LogP) is 3.35. The van der Waals surface area contributed by atoms with Gasteiger partial charge in [-0.2, -0.15) is 0 Å². The Hall–Kier alpha value is -2.51. The Morgan fingerprint density at radius 3 is 2.62 bits per heavy atom. The molecule has 3 rings (SSSR count). The van der Waals surface area contributed by atoms with Gasteiger partial charge >= 0.3 is 0 Å². The molecule has 0 saturated carbocycles. The predicted molar refractivity (Wildman–Crippen MR) is 96.8 cm³/mol. The number of anilines is 1. The number of nitrogens with one attached hydrogen (secondary N) is 1. The largest absolute Gasteiger partial charge is 0.298 e. The third-order valence-corrected chi connectivity index (χ3v) is 5.29. The topological polar surface area (TPSA) is 76.1 Å². The number of benzene rings is 2. The van der Waals surface area contributed by atoms with Gasteiger partial charge in [-0.05, 0) is 29.8 Å². The Morgan fingerprint density at radius 1 is 1.17 bits per heavy atom. The van der Waals surface area contributed by atoms with E-state index in [-0.39, 0.29) is 10.8 Å². The Labute approximate surface area is 143 Å². The lowest BCUT2D eigenvalue weighted by molar-refractivity contribution is -0.111. The number of nitrogens with zero attached hydrogens (tertiary/aromatic N) is 1. The summed E-state index contributed by atoms with van der Waals surface area (Å²) in [7, 11) is -3.27. The molecule has 0 spiro atoms. The standard InChI is InChI=1S/C17H14N2O3S2/c1-24(21,22)13-8-9-14-15(11-13)23-17(18-14)19-16(20)10-7-12-5-3-2-4-6-12/h2-11H,1H3,(H,18,19,20)/b10-7+. The van der Waals surface area contributed by atoms with E-state index in [1.807, 2.05) is 30.3 Å². The van der Waals surface area contributed by atoms with Gasteiger partial charge in [-0.1, -0.05) is 41.7 Å². The van der Waals surface area contributed by atoms with Crippen molar-refractivity contribution in [2.24, 2.45) is 0 Å². The third kappa shape index (κ3) is 3.87. The zero-order valence-corrected chi connectivity index (χ0v) is 14.4. The van der Waals surface area contributed by atoms with Gasteiger partial charge in [0.05, 0.1) is 15.1 Å². The second kappa shape index (κ2) is 6.54. The first-order valence-corrected chi connectivity index (χ1v) is 9.77. The van der Waals surface area contributed by atoms with Crippen molar-refractivity contribution >= 4 is 48.5 Å². The fourth-order valence-corrected chi connectivity index (χ4v) is 3.70. The number of hydrogen-bond donors (Lipinski definition) is 1. The molecule has 1 heterocycles. The van der Waals surface area contributed by atoms with Crippen LogP contribution in [0.1, 0.15) is 5.56 Å². The summed E-state index contributed by atoms with van der Waals surface area (Å²) in [6.07, 6.45) is 4.31. The highest BCUT2D eigenvalue weighted by molar-refractivity contribution is 7.90. The zero-order chi connectivity index (χ0) is 17.2. The molecule has 0 bridgehead atoms. The minimum Gasteiger partial charge on any atom is -0.298 e. The molecule has 122 valence electrons. The minimum atomic E-state index is -3.27. The van der Waals surface area contributed by atoms with Gasteiger partial charge < -0.3 is 0 Å². The maximum atomic E-state index is 12.0. The molecule has 0 fully saturated rings. The van der Waals surface area contributed by atoms with E-state index in [9.17, 15) is 13.2 Å². The van der Waals surface area contributed by atoms with Crippen molar-refractivity contribution < 1.29 is 13.2 Å². The number of amides is 1. The van der Waals surface area contributed by atoms with E-state index in [0.29, 0.717) is 15.3 Å². The molecule has 0 unspecified atom stereocenters. The summed E-state index contributed by atoms with van der Waals surface area (Å²) in [6.45, 7) is 0. The number of carbonyl (C=O) groups is 1. The van der Waals surface area contributed by atoms with Crippen LogP contribution in [0.5, 0.6) is 0 Å². The van der Waals surface area contributed by atoms with Crippen molar-refractivity contribution in [2.75, 3.05) is 11.6 Å². The maximum absolute atomic E-state index is 12.0. The van der Waals surface area contributed by atoms with E-state index < -0.39 is 9.84 Å². The second-order valence-electron chi connectivity index (χ2n) is 5.15. The quantitative estimate of drug-likeness (QED) is 0.726. The maximum Gasteiger partial charge on any atom is 0.250 e. The number of carbonyl (C=O) groups excluding carboxylic acids is 1. The molecule has 5 nitrogen and oxygen atoms in total. The number of thiazole rings is 1. The van der Waals surface area contributed by atoms with Gasteiger partial charge in [0.25, 0.3) is 0 Å². The van der Waals surface area contributed by atoms with E-state index in [2.05, 4.69) is 10.3 Å². The molecule has 0 atom stereocenters. The summed E-state index contributed by atoms with van der Waals surface area (Å²) in [5.41, 5.74) is 1.57. The van der Waals surface area contributed by atoms with E-state index in [4.69, 9.17) is 0 Å². The molecule has 0 saturated heterocycles. The zero-order valence-electron chi connectivity index (χ0n) is 12.8. The van der Waals surface area contributed by atoms with Gasteiger partial charge in [0, 0.05) is 12.3 Å². The Morgan fingerprint density at radius 2 is 1.92 bits per heavy atom. The molecule has 2 aromatic carbocycles. The van der Waals surface area contributed by atoms with Crippen molar-refractivity contribution in [3.63, 3.8) is 0 Å². The molecular formula is C17H14N2O3S2. The highest BCUT2D eigenvalue weighted by Gasteiger charge is 2.11. The van der Waals surface area contributed by atoms with Crippen molar-refractivity contribution in [2.45, 2.75) is 4.90 Å². The van der Waals surface area contributed by atoms with Crippen LogP contribution in [0, 0.1) is 0 Å². The SMILES string of the molecule is CS(=O)(=O)c1ccc2nc(NC(=O)/C=C/c3ccccc3)sc2c1. The Kier molecular flexibility index (Phi) is 4.46. The molecular weight excluding hydrogens is 344 g/mol. The van der Waals surface area contributed by atoms with Crippen molar-refractivity contribution in [1.29, 1.82) is 0 Å². The molecule has 0 radical (unpaired) electrons. The van der Waals surface area contributed by atoms with Crippen LogP contribution in [0.25, 0.3) is 16.3 Å². The number of sulfone groups is 1. The van der Waals surface area contributed by atoms with Crippen molar-refractivity contribution in [1.82, 2.24) is 4.98 Å². The monoisotopic (exact) mass is 358 g/mol. The molecule has 7 heteroatoms. The van der Waals surface area contributed by atoms with E-state index in [0.717, 1.165) is 11.8 Å². The molecule has 24 heavy (non-hydrogen) atoms. The van der Waals surface area contributed by atoms with Gasteiger partial charge in [-0.15, -0.1) is 0 Å². The number of rotatable bonds is 4. The summed E-state index contributed by atoms with van der Waals surface area (Å²) in [4.78, 5) is 16.5. The summed E-state index contributed by atoms with van der Waals surface area (Å²) in [5.74, 6) is -0.291. The van der Waals surface area contributed by atoms with Gasteiger partial charge in [0.15, 0.2) is 15.0 Å². The third-order valence-electron chi connectivity index (χ3n) is 3.24. The van der Waals surface area contributed by atoms with Crippen LogP contribution in [-0.4, -0.2) is 25.6 Å². The first-order chi connectivity index (χ1) is 11.4. The molecule has 1 aromatic heterocycles. The summed E-state index contributed by atoms with van der Waals surface area (Å²) < 4.78 is 23.9. The fraction of sp³-hybridized carbons (Fsp3) is 0.0588. The normalized spacial score (nSPS) is 11.9. The van der Waals surface area contributed by atoms with Crippen molar-refractivity contribution in [3.8, 4) is 0 Å². The molecule has 1 N–H and O–H groups in total. The number of aromatic nitrogens is 1. The van der Waals surface area contributed by atoms with E-state index in [1.54, 1.807) is 18.2 Å². The lowest BCUT2D eigenvalue weighted by atomic mass is 10.2. The highest BCUT2D eigenvalue weighted by Crippen LogP contribution is 2.28. The average Bonchev–Trinajstić information content (AvgIpc) is 2.94. The van der Waals surface area contributed by atoms with Crippen LogP contribution in [0.3, 0.4) is 0 Å². The Bertz CT molecular complexity index is 1020. The smallest absolute Gasteiger partial charge is 0.250 e. The molecule has 3 aromatic rings. The van der Waals surface area contributed by atoms with Gasteiger partial charge in [0.2, 0.25) is 5.91 Å². The van der Waals surface area contributed by atoms with Gasteiger partial charge in [0.1, 0.15) is 0 Å². The van der Waals surface area contributed by atoms with Gasteiger partial charge in [-0.3, -0.25) is 10.1 Å². The number of hydrogen-bond acceptors (Lipinski definition) is 5. The van der Waals surface area contributed by atoms with Crippen LogP contribution in [-0.2, 0) is 14.6 Å². The number of fused-ring (bicyclic) bond motifs is 1. The first-order valence-electron chi connectivity index (χ1n) is 7.06. The molecule has 0 aliphatic carbocycles. The van der Waals surface area contributed by atoms with Crippen LogP contribution in [0.4, 0.5) is 5.13 Å². The second-order valence-corrected chi connectivity index (χ2v) is 8.20. The average molecular weight is 358 g/mol. The first kappa shape index (κ1) is 16.4. The lowest BCUT2D eigenvalue weighted by Crippen LogP contribution is -2.07. The molecule has 0 aliphatic rings. The fourth-order valence-electron chi connectivity index (χ4n) is 2.07. The summed E-state index contributed by atoms with van der Waals surface area (Å²) in [6, 6.07) is 14.2. The van der Waals surface area contributed by atoms with Crippen LogP contribution in [0.2, 0.25) is 0 Å². The van der Waals surface area contributed by atoms with Crippen LogP contribution < -0.4 is 5.32 Å². The van der Waals surface area contributed by atoms with E-state index in [1.165, 1.54) is 23.5 Å². The van der Waals surface area contributed by atoms with Crippen LogP contribution in [0.15, 0.2) is 59.5 Å². The Balaban J connectivity index is 1.78. The minimum absolute atomic E-state index is 0.237. The van der Waals surface area contributed by atoms with Gasteiger partial charge in [-0.25, -0.2) is 13.4 Å².